The normalized spacial score (nSPS) is 15.7. The van der Waals surface area contributed by atoms with Gasteiger partial charge in [-0.3, -0.25) is 14.9 Å². The van der Waals surface area contributed by atoms with E-state index in [1.54, 1.807) is 13.2 Å². The van der Waals surface area contributed by atoms with E-state index in [1.807, 2.05) is 37.3 Å². The second kappa shape index (κ2) is 9.64. The molecule has 9 heteroatoms. The number of non-ortho nitro benzene ring substituents is 1. The average Bonchev–Trinajstić information content (AvgIpc) is 2.85. The predicted octanol–water partition coefficient (Wildman–Crippen LogP) is 4.22. The minimum Gasteiger partial charge on any atom is -0.497 e. The number of carbonyl (C=O) groups excluding carboxylic acids is 1. The lowest BCUT2D eigenvalue weighted by molar-refractivity contribution is -0.384. The van der Waals surface area contributed by atoms with Crippen molar-refractivity contribution in [1.82, 2.24) is 9.97 Å². The van der Waals surface area contributed by atoms with Crippen molar-refractivity contribution in [2.24, 2.45) is 5.92 Å². The smallest absolute Gasteiger partial charge is 0.271 e. The van der Waals surface area contributed by atoms with E-state index in [4.69, 9.17) is 4.74 Å². The van der Waals surface area contributed by atoms with Crippen LogP contribution in [0.4, 0.5) is 17.2 Å². The van der Waals surface area contributed by atoms with Crippen LogP contribution in [0.5, 0.6) is 5.75 Å². The van der Waals surface area contributed by atoms with Crippen LogP contribution < -0.4 is 15.0 Å². The van der Waals surface area contributed by atoms with E-state index in [0.717, 1.165) is 47.8 Å². The van der Waals surface area contributed by atoms with Crippen LogP contribution in [0.1, 0.15) is 18.4 Å². The number of rotatable bonds is 6. The van der Waals surface area contributed by atoms with Gasteiger partial charge in [0.05, 0.1) is 29.3 Å². The van der Waals surface area contributed by atoms with E-state index in [1.165, 1.54) is 18.5 Å². The minimum atomic E-state index is -0.465. The minimum absolute atomic E-state index is 0.0479. The molecule has 1 aliphatic rings. The molecule has 1 amide bonds. The van der Waals surface area contributed by atoms with E-state index >= 15 is 0 Å². The number of ether oxygens (including phenoxy) is 1. The van der Waals surface area contributed by atoms with E-state index in [0.29, 0.717) is 12.2 Å². The van der Waals surface area contributed by atoms with Crippen LogP contribution >= 0.6 is 0 Å². The van der Waals surface area contributed by atoms with Gasteiger partial charge in [-0.25, -0.2) is 9.97 Å². The maximum Gasteiger partial charge on any atom is 0.271 e. The Bertz CT molecular complexity index is 1170. The third-order valence-electron chi connectivity index (χ3n) is 5.84. The Morgan fingerprint density at radius 1 is 1.18 bits per heavy atom. The largest absolute Gasteiger partial charge is 0.497 e. The molecule has 1 atom stereocenters. The Kier molecular flexibility index (Phi) is 6.48. The van der Waals surface area contributed by atoms with Gasteiger partial charge in [0.25, 0.3) is 5.69 Å². The van der Waals surface area contributed by atoms with E-state index in [-0.39, 0.29) is 17.5 Å². The highest BCUT2D eigenvalue weighted by Crippen LogP contribution is 2.28. The molecule has 1 aromatic heterocycles. The third kappa shape index (κ3) is 5.08. The average molecular weight is 447 g/mol. The zero-order chi connectivity index (χ0) is 23.4. The molecule has 0 bridgehead atoms. The summed E-state index contributed by atoms with van der Waals surface area (Å²) in [5.74, 6) is 1.14. The van der Waals surface area contributed by atoms with Crippen LogP contribution in [0.3, 0.4) is 0 Å². The molecule has 9 nitrogen and oxygen atoms in total. The summed E-state index contributed by atoms with van der Waals surface area (Å²) in [6.07, 6.45) is 3.12. The molecule has 0 spiro atoms. The number of hydrogen-bond acceptors (Lipinski definition) is 7. The number of hydrogen-bond donors (Lipinski definition) is 1. The summed E-state index contributed by atoms with van der Waals surface area (Å²) in [5.41, 5.74) is 2.94. The number of nitrogens with one attached hydrogen (secondary N) is 1. The molecule has 170 valence electrons. The SMILES string of the molecule is COc1ccc(-c2cc(N3CCCC(C(=O)Nc4cc([N+](=O)[O-])ccc4C)C3)ncn2)cc1. The Hall–Kier alpha value is -4.01. The maximum absolute atomic E-state index is 13.0. The zero-order valence-corrected chi connectivity index (χ0v) is 18.5. The first kappa shape index (κ1) is 22.2. The molecule has 0 aliphatic carbocycles. The lowest BCUT2D eigenvalue weighted by atomic mass is 9.96. The third-order valence-corrected chi connectivity index (χ3v) is 5.84. The number of nitro groups is 1. The first-order valence-electron chi connectivity index (χ1n) is 10.7. The van der Waals surface area contributed by atoms with Gasteiger partial charge in [0, 0.05) is 36.9 Å². The first-order valence-corrected chi connectivity index (χ1v) is 10.7. The van der Waals surface area contributed by atoms with Crippen molar-refractivity contribution in [2.75, 3.05) is 30.4 Å². The molecule has 2 heterocycles. The van der Waals surface area contributed by atoms with Crippen LogP contribution in [0, 0.1) is 23.0 Å². The number of nitro benzene ring substituents is 1. The number of benzene rings is 2. The summed E-state index contributed by atoms with van der Waals surface area (Å²) >= 11 is 0. The molecule has 1 unspecified atom stereocenters. The number of aryl methyl sites for hydroxylation is 1. The summed E-state index contributed by atoms with van der Waals surface area (Å²) in [6.45, 7) is 3.12. The number of aromatic nitrogens is 2. The molecule has 1 N–H and O–H groups in total. The van der Waals surface area contributed by atoms with Crippen molar-refractivity contribution < 1.29 is 14.5 Å². The topological polar surface area (TPSA) is 110 Å². The second-order valence-electron chi connectivity index (χ2n) is 8.02. The maximum atomic E-state index is 13.0. The summed E-state index contributed by atoms with van der Waals surface area (Å²) < 4.78 is 5.21. The first-order chi connectivity index (χ1) is 15.9. The molecule has 33 heavy (non-hydrogen) atoms. The van der Waals surface area contributed by atoms with Crippen molar-refractivity contribution in [3.63, 3.8) is 0 Å². The summed E-state index contributed by atoms with van der Waals surface area (Å²) in [4.78, 5) is 34.5. The number of carbonyl (C=O) groups is 1. The molecule has 4 rings (SSSR count). The number of methoxy groups -OCH3 is 1. The van der Waals surface area contributed by atoms with Crippen LogP contribution in [0.2, 0.25) is 0 Å². The quantitative estimate of drug-likeness (QED) is 0.445. The van der Waals surface area contributed by atoms with Gasteiger partial charge in [-0.2, -0.15) is 0 Å². The highest BCUT2D eigenvalue weighted by molar-refractivity contribution is 5.94. The second-order valence-corrected chi connectivity index (χ2v) is 8.02. The lowest BCUT2D eigenvalue weighted by Crippen LogP contribution is -2.41. The molecule has 3 aromatic rings. The van der Waals surface area contributed by atoms with Gasteiger partial charge < -0.3 is 15.0 Å². The van der Waals surface area contributed by atoms with Gasteiger partial charge in [0.1, 0.15) is 17.9 Å². The van der Waals surface area contributed by atoms with Gasteiger partial charge in [0.2, 0.25) is 5.91 Å². The zero-order valence-electron chi connectivity index (χ0n) is 18.5. The Morgan fingerprint density at radius 3 is 2.70 bits per heavy atom. The van der Waals surface area contributed by atoms with Crippen molar-refractivity contribution in [2.45, 2.75) is 19.8 Å². The molecular formula is C24H25N5O4. The van der Waals surface area contributed by atoms with Crippen molar-refractivity contribution in [3.05, 3.63) is 70.5 Å². The number of anilines is 2. The van der Waals surface area contributed by atoms with Gasteiger partial charge >= 0.3 is 0 Å². The van der Waals surface area contributed by atoms with Gasteiger partial charge in [-0.05, 0) is 49.6 Å². The highest BCUT2D eigenvalue weighted by atomic mass is 16.6. The molecule has 0 radical (unpaired) electrons. The number of nitrogens with zero attached hydrogens (tertiary/aromatic N) is 4. The fourth-order valence-corrected chi connectivity index (χ4v) is 3.93. The number of amides is 1. The summed E-state index contributed by atoms with van der Waals surface area (Å²) in [6, 6.07) is 14.1. The van der Waals surface area contributed by atoms with Crippen molar-refractivity contribution >= 4 is 23.1 Å². The highest BCUT2D eigenvalue weighted by Gasteiger charge is 2.27. The van der Waals surface area contributed by atoms with E-state index < -0.39 is 4.92 Å². The van der Waals surface area contributed by atoms with E-state index in [2.05, 4.69) is 20.2 Å². The lowest BCUT2D eigenvalue weighted by Gasteiger charge is -2.33. The van der Waals surface area contributed by atoms with Crippen molar-refractivity contribution in [3.8, 4) is 17.0 Å². The van der Waals surface area contributed by atoms with Crippen LogP contribution in [-0.2, 0) is 4.79 Å². The Labute approximate surface area is 191 Å². The molecule has 0 saturated carbocycles. The van der Waals surface area contributed by atoms with Gasteiger partial charge in [0.15, 0.2) is 0 Å². The monoisotopic (exact) mass is 447 g/mol. The molecule has 2 aromatic carbocycles. The summed E-state index contributed by atoms with van der Waals surface area (Å²) in [7, 11) is 1.63. The van der Waals surface area contributed by atoms with Crippen LogP contribution in [0.25, 0.3) is 11.3 Å². The fourth-order valence-electron chi connectivity index (χ4n) is 3.93. The molecule has 1 saturated heterocycles. The van der Waals surface area contributed by atoms with Crippen molar-refractivity contribution in [1.29, 1.82) is 0 Å². The predicted molar refractivity (Wildman–Crippen MR) is 125 cm³/mol. The van der Waals surface area contributed by atoms with Crippen LogP contribution in [0.15, 0.2) is 54.9 Å². The van der Waals surface area contributed by atoms with Gasteiger partial charge in [-0.15, -0.1) is 0 Å². The van der Waals surface area contributed by atoms with Gasteiger partial charge in [-0.1, -0.05) is 6.07 Å². The number of piperidine rings is 1. The molecule has 1 aliphatic heterocycles. The fraction of sp³-hybridized carbons (Fsp3) is 0.292. The van der Waals surface area contributed by atoms with Crippen LogP contribution in [-0.4, -0.2) is 41.0 Å². The molecule has 1 fully saturated rings. The Morgan fingerprint density at radius 2 is 1.97 bits per heavy atom. The Balaban J connectivity index is 1.48. The molecular weight excluding hydrogens is 422 g/mol. The summed E-state index contributed by atoms with van der Waals surface area (Å²) in [5, 5.41) is 14.0. The standard InChI is InChI=1S/C24H25N5O4/c1-16-5-8-19(29(31)32)12-21(16)27-24(30)18-4-3-11-28(14-18)23-13-22(25-15-26-23)17-6-9-20(33-2)10-7-17/h5-10,12-13,15,18H,3-4,11,14H2,1-2H3,(H,27,30). The van der Waals surface area contributed by atoms with E-state index in [9.17, 15) is 14.9 Å².